The second kappa shape index (κ2) is 10.2. The van der Waals surface area contributed by atoms with Crippen LogP contribution in [0.15, 0.2) is 41.7 Å². The quantitative estimate of drug-likeness (QED) is 0.270. The second-order valence-electron chi connectivity index (χ2n) is 8.11. The van der Waals surface area contributed by atoms with E-state index in [1.807, 2.05) is 23.1 Å². The summed E-state index contributed by atoms with van der Waals surface area (Å²) in [7, 11) is 0. The summed E-state index contributed by atoms with van der Waals surface area (Å²) in [6, 6.07) is 9.83. The van der Waals surface area contributed by atoms with Gasteiger partial charge in [0.15, 0.2) is 10.9 Å². The molecule has 1 N–H and O–H groups in total. The van der Waals surface area contributed by atoms with E-state index in [0.29, 0.717) is 17.0 Å². The molecular formula is C24H30N4O2S. The maximum Gasteiger partial charge on any atom is 0.270 e. The van der Waals surface area contributed by atoms with Crippen molar-refractivity contribution in [3.8, 4) is 0 Å². The molecule has 0 saturated carbocycles. The molecule has 4 rings (SSSR count). The third-order valence-electron chi connectivity index (χ3n) is 5.82. The van der Waals surface area contributed by atoms with E-state index in [0.717, 1.165) is 55.1 Å². The molecule has 1 saturated heterocycles. The SMILES string of the molecule is CCCCCCn1c(SCC(=O)c2c[nH]c(C(=O)N3CCCC3)c2)nc2ccccc21. The third-order valence-corrected chi connectivity index (χ3v) is 6.79. The zero-order valence-corrected chi connectivity index (χ0v) is 18.9. The Hall–Kier alpha value is -2.54. The number of aromatic nitrogens is 3. The van der Waals surface area contributed by atoms with Crippen LogP contribution in [0.2, 0.25) is 0 Å². The predicted octanol–water partition coefficient (Wildman–Crippen LogP) is 5.16. The number of amides is 1. The first-order chi connectivity index (χ1) is 15.2. The fraction of sp³-hybridized carbons (Fsp3) is 0.458. The average molecular weight is 439 g/mol. The van der Waals surface area contributed by atoms with Gasteiger partial charge in [-0.15, -0.1) is 0 Å². The van der Waals surface area contributed by atoms with Crippen molar-refractivity contribution in [2.24, 2.45) is 0 Å². The molecule has 0 bridgehead atoms. The number of fused-ring (bicyclic) bond motifs is 1. The van der Waals surface area contributed by atoms with Gasteiger partial charge in [-0.2, -0.15) is 0 Å². The molecule has 3 aromatic rings. The van der Waals surface area contributed by atoms with Crippen molar-refractivity contribution >= 4 is 34.5 Å². The van der Waals surface area contributed by atoms with Crippen molar-refractivity contribution in [1.29, 1.82) is 0 Å². The van der Waals surface area contributed by atoms with E-state index in [-0.39, 0.29) is 11.7 Å². The highest BCUT2D eigenvalue weighted by molar-refractivity contribution is 7.99. The lowest BCUT2D eigenvalue weighted by atomic mass is 10.2. The van der Waals surface area contributed by atoms with E-state index in [1.165, 1.54) is 31.0 Å². The molecule has 1 amide bonds. The van der Waals surface area contributed by atoms with Gasteiger partial charge in [-0.3, -0.25) is 9.59 Å². The van der Waals surface area contributed by atoms with Crippen LogP contribution in [-0.4, -0.2) is 50.0 Å². The number of nitrogens with zero attached hydrogens (tertiary/aromatic N) is 3. The zero-order chi connectivity index (χ0) is 21.6. The Morgan fingerprint density at radius 2 is 1.94 bits per heavy atom. The lowest BCUT2D eigenvalue weighted by molar-refractivity contribution is 0.0787. The number of likely N-dealkylation sites (tertiary alicyclic amines) is 1. The normalized spacial score (nSPS) is 13.9. The number of hydrogen-bond donors (Lipinski definition) is 1. The van der Waals surface area contributed by atoms with Gasteiger partial charge in [-0.05, 0) is 37.5 Å². The number of carbonyl (C=O) groups is 2. The number of aryl methyl sites for hydroxylation is 1. The van der Waals surface area contributed by atoms with Crippen molar-refractivity contribution in [2.75, 3.05) is 18.8 Å². The number of H-pyrrole nitrogens is 1. The number of unbranched alkanes of at least 4 members (excludes halogenated alkanes) is 3. The molecular weight excluding hydrogens is 408 g/mol. The number of thioether (sulfide) groups is 1. The number of ketones is 1. The van der Waals surface area contributed by atoms with Gasteiger partial charge >= 0.3 is 0 Å². The van der Waals surface area contributed by atoms with E-state index in [4.69, 9.17) is 4.98 Å². The van der Waals surface area contributed by atoms with Crippen LogP contribution in [0.1, 0.15) is 66.3 Å². The summed E-state index contributed by atoms with van der Waals surface area (Å²) in [5.74, 6) is 0.289. The number of aromatic amines is 1. The first-order valence-electron chi connectivity index (χ1n) is 11.3. The van der Waals surface area contributed by atoms with Gasteiger partial charge in [0.05, 0.1) is 16.8 Å². The summed E-state index contributed by atoms with van der Waals surface area (Å²) in [6.45, 7) is 4.72. The number of para-hydroxylation sites is 2. The van der Waals surface area contributed by atoms with Gasteiger partial charge in [0, 0.05) is 31.4 Å². The second-order valence-corrected chi connectivity index (χ2v) is 9.05. The molecule has 1 fully saturated rings. The monoisotopic (exact) mass is 438 g/mol. The first-order valence-corrected chi connectivity index (χ1v) is 12.2. The topological polar surface area (TPSA) is 71.0 Å². The molecule has 164 valence electrons. The number of benzene rings is 1. The molecule has 0 aliphatic carbocycles. The standard InChI is InChI=1S/C24H30N4O2S/c1-2-3-4-7-14-28-21-11-6-5-10-19(21)26-24(28)31-17-22(29)18-15-20(25-16-18)23(30)27-12-8-9-13-27/h5-6,10-11,15-16,25H,2-4,7-9,12-14,17H2,1H3. The highest BCUT2D eigenvalue weighted by Gasteiger charge is 2.22. The Balaban J connectivity index is 1.42. The van der Waals surface area contributed by atoms with Gasteiger partial charge in [-0.25, -0.2) is 4.98 Å². The Morgan fingerprint density at radius 1 is 1.13 bits per heavy atom. The summed E-state index contributed by atoms with van der Waals surface area (Å²) < 4.78 is 2.24. The lowest BCUT2D eigenvalue weighted by Crippen LogP contribution is -2.27. The molecule has 1 aliphatic rings. The van der Waals surface area contributed by atoms with E-state index >= 15 is 0 Å². The highest BCUT2D eigenvalue weighted by Crippen LogP contribution is 2.26. The maximum atomic E-state index is 12.8. The van der Waals surface area contributed by atoms with Crippen LogP contribution >= 0.6 is 11.8 Å². The minimum atomic E-state index is -0.0157. The van der Waals surface area contributed by atoms with Crippen LogP contribution in [-0.2, 0) is 6.54 Å². The van der Waals surface area contributed by atoms with Crippen molar-refractivity contribution in [3.05, 3.63) is 47.8 Å². The fourth-order valence-electron chi connectivity index (χ4n) is 4.06. The van der Waals surface area contributed by atoms with Gasteiger partial charge in [0.25, 0.3) is 5.91 Å². The lowest BCUT2D eigenvalue weighted by Gasteiger charge is -2.13. The average Bonchev–Trinajstić information content (AvgIpc) is 3.54. The summed E-state index contributed by atoms with van der Waals surface area (Å²) in [5, 5.41) is 0.884. The van der Waals surface area contributed by atoms with Crippen LogP contribution < -0.4 is 0 Å². The molecule has 3 heterocycles. The number of imidazole rings is 1. The summed E-state index contributed by atoms with van der Waals surface area (Å²) in [4.78, 5) is 34.9. The van der Waals surface area contributed by atoms with E-state index in [1.54, 1.807) is 12.3 Å². The number of carbonyl (C=O) groups excluding carboxylic acids is 2. The summed E-state index contributed by atoms with van der Waals surface area (Å²) in [6.07, 6.45) is 8.50. The summed E-state index contributed by atoms with van der Waals surface area (Å²) in [5.41, 5.74) is 3.14. The van der Waals surface area contributed by atoms with Gasteiger partial charge < -0.3 is 14.5 Å². The van der Waals surface area contributed by atoms with Gasteiger partial charge in [0.2, 0.25) is 0 Å². The Bertz CT molecular complexity index is 1050. The van der Waals surface area contributed by atoms with Gasteiger partial charge in [0.1, 0.15) is 5.69 Å². The third kappa shape index (κ3) is 5.03. The Labute approximate surface area is 187 Å². The minimum Gasteiger partial charge on any atom is -0.356 e. The molecule has 0 unspecified atom stereocenters. The number of Topliss-reactive ketones (excluding diaryl/α,β-unsaturated/α-hetero) is 1. The minimum absolute atomic E-state index is 0.00584. The van der Waals surface area contributed by atoms with Crippen LogP contribution in [0.25, 0.3) is 11.0 Å². The fourth-order valence-corrected chi connectivity index (χ4v) is 4.99. The van der Waals surface area contributed by atoms with Crippen LogP contribution in [0.4, 0.5) is 0 Å². The molecule has 2 aromatic heterocycles. The van der Waals surface area contributed by atoms with Crippen LogP contribution in [0, 0.1) is 0 Å². The Kier molecular flexibility index (Phi) is 7.12. The predicted molar refractivity (Wildman–Crippen MR) is 125 cm³/mol. The molecule has 1 aromatic carbocycles. The zero-order valence-electron chi connectivity index (χ0n) is 18.1. The van der Waals surface area contributed by atoms with E-state index in [9.17, 15) is 9.59 Å². The smallest absolute Gasteiger partial charge is 0.270 e. The van der Waals surface area contributed by atoms with E-state index in [2.05, 4.69) is 22.5 Å². The van der Waals surface area contributed by atoms with Gasteiger partial charge in [-0.1, -0.05) is 50.1 Å². The summed E-state index contributed by atoms with van der Waals surface area (Å²) >= 11 is 1.48. The Morgan fingerprint density at radius 3 is 2.74 bits per heavy atom. The molecule has 6 nitrogen and oxygen atoms in total. The molecule has 0 radical (unpaired) electrons. The maximum absolute atomic E-state index is 12.8. The first kappa shape index (κ1) is 21.7. The number of rotatable bonds is 10. The van der Waals surface area contributed by atoms with Crippen LogP contribution in [0.3, 0.4) is 0 Å². The molecule has 7 heteroatoms. The molecule has 0 spiro atoms. The molecule has 1 aliphatic heterocycles. The van der Waals surface area contributed by atoms with Crippen molar-refractivity contribution < 1.29 is 9.59 Å². The number of nitrogens with one attached hydrogen (secondary N) is 1. The van der Waals surface area contributed by atoms with Crippen molar-refractivity contribution in [3.63, 3.8) is 0 Å². The van der Waals surface area contributed by atoms with Crippen LogP contribution in [0.5, 0.6) is 0 Å². The largest absolute Gasteiger partial charge is 0.356 e. The van der Waals surface area contributed by atoms with E-state index < -0.39 is 0 Å². The van der Waals surface area contributed by atoms with Crippen molar-refractivity contribution in [2.45, 2.75) is 57.1 Å². The van der Waals surface area contributed by atoms with Crippen molar-refractivity contribution in [1.82, 2.24) is 19.4 Å². The number of hydrogen-bond acceptors (Lipinski definition) is 4. The highest BCUT2D eigenvalue weighted by atomic mass is 32.2. The molecule has 0 atom stereocenters. The molecule has 31 heavy (non-hydrogen) atoms.